The molecule has 2 aromatic heterocycles. The van der Waals surface area contributed by atoms with E-state index in [0.29, 0.717) is 22.2 Å². The molecule has 21 heavy (non-hydrogen) atoms. The Balaban J connectivity index is 2.05. The molecular weight excluding hydrogens is 300 g/mol. The molecule has 0 aliphatic rings. The van der Waals surface area contributed by atoms with Gasteiger partial charge in [-0.25, -0.2) is 9.48 Å². The molecule has 0 saturated heterocycles. The van der Waals surface area contributed by atoms with Crippen molar-refractivity contribution >= 4 is 23.7 Å². The molecule has 2 heterocycles. The number of aryl methyl sites for hydroxylation is 1. The SMILES string of the molecule is COC(=O)c1oc(CSc2nnnn2CC(=O)O)cc1C. The second-order valence-electron chi connectivity index (χ2n) is 4.02. The molecule has 0 spiro atoms. The fraction of sp³-hybridized carbons (Fsp3) is 0.364. The molecule has 10 heteroatoms. The van der Waals surface area contributed by atoms with Gasteiger partial charge in [0.1, 0.15) is 12.3 Å². The zero-order chi connectivity index (χ0) is 15.4. The van der Waals surface area contributed by atoms with Crippen LogP contribution in [0.25, 0.3) is 0 Å². The molecule has 0 aliphatic heterocycles. The van der Waals surface area contributed by atoms with Crippen LogP contribution in [0.15, 0.2) is 15.6 Å². The van der Waals surface area contributed by atoms with Gasteiger partial charge >= 0.3 is 11.9 Å². The number of furan rings is 1. The number of tetrazole rings is 1. The molecule has 112 valence electrons. The molecule has 0 saturated carbocycles. The van der Waals surface area contributed by atoms with Crippen LogP contribution < -0.4 is 0 Å². The molecule has 2 aromatic rings. The van der Waals surface area contributed by atoms with Crippen molar-refractivity contribution in [3.05, 3.63) is 23.2 Å². The van der Waals surface area contributed by atoms with E-state index in [1.165, 1.54) is 23.6 Å². The van der Waals surface area contributed by atoms with Gasteiger partial charge in [0.15, 0.2) is 0 Å². The van der Waals surface area contributed by atoms with E-state index < -0.39 is 11.9 Å². The molecule has 0 unspecified atom stereocenters. The van der Waals surface area contributed by atoms with Crippen LogP contribution in [0.2, 0.25) is 0 Å². The summed E-state index contributed by atoms with van der Waals surface area (Å²) in [5, 5.41) is 19.8. The number of thioether (sulfide) groups is 1. The molecule has 1 N–H and O–H groups in total. The van der Waals surface area contributed by atoms with E-state index in [2.05, 4.69) is 20.3 Å². The van der Waals surface area contributed by atoms with Crippen molar-refractivity contribution in [3.8, 4) is 0 Å². The Morgan fingerprint density at radius 1 is 1.52 bits per heavy atom. The molecule has 0 amide bonds. The van der Waals surface area contributed by atoms with Crippen molar-refractivity contribution in [1.82, 2.24) is 20.2 Å². The van der Waals surface area contributed by atoms with Crippen LogP contribution in [0, 0.1) is 6.92 Å². The normalized spacial score (nSPS) is 10.6. The first-order valence-corrected chi connectivity index (χ1v) is 6.78. The first-order chi connectivity index (χ1) is 10.0. The summed E-state index contributed by atoms with van der Waals surface area (Å²) in [6.07, 6.45) is 0. The number of nitrogens with zero attached hydrogens (tertiary/aromatic N) is 4. The van der Waals surface area contributed by atoms with E-state index in [4.69, 9.17) is 9.52 Å². The first-order valence-electron chi connectivity index (χ1n) is 5.79. The largest absolute Gasteiger partial charge is 0.480 e. The second kappa shape index (κ2) is 6.39. The van der Waals surface area contributed by atoms with Gasteiger partial charge in [0.25, 0.3) is 0 Å². The summed E-state index contributed by atoms with van der Waals surface area (Å²) in [6, 6.07) is 1.71. The quantitative estimate of drug-likeness (QED) is 0.608. The summed E-state index contributed by atoms with van der Waals surface area (Å²) in [5.41, 5.74) is 0.669. The molecule has 0 aromatic carbocycles. The van der Waals surface area contributed by atoms with Crippen molar-refractivity contribution in [2.75, 3.05) is 7.11 Å². The minimum atomic E-state index is -1.04. The van der Waals surface area contributed by atoms with Crippen molar-refractivity contribution in [2.24, 2.45) is 0 Å². The molecule has 0 fully saturated rings. The highest BCUT2D eigenvalue weighted by atomic mass is 32.2. The average Bonchev–Trinajstić information content (AvgIpc) is 3.01. The Labute approximate surface area is 123 Å². The van der Waals surface area contributed by atoms with E-state index in [0.717, 1.165) is 0 Å². The Morgan fingerprint density at radius 3 is 2.95 bits per heavy atom. The average molecular weight is 312 g/mol. The van der Waals surface area contributed by atoms with Crippen molar-refractivity contribution < 1.29 is 23.8 Å². The van der Waals surface area contributed by atoms with Crippen LogP contribution in [0.5, 0.6) is 0 Å². The number of aromatic nitrogens is 4. The fourth-order valence-electron chi connectivity index (χ4n) is 1.58. The molecule has 0 aliphatic carbocycles. The third-order valence-corrected chi connectivity index (χ3v) is 3.45. The predicted molar refractivity (Wildman–Crippen MR) is 69.8 cm³/mol. The van der Waals surface area contributed by atoms with Crippen LogP contribution in [0.1, 0.15) is 21.9 Å². The van der Waals surface area contributed by atoms with E-state index in [-0.39, 0.29) is 12.3 Å². The highest BCUT2D eigenvalue weighted by molar-refractivity contribution is 7.98. The number of carbonyl (C=O) groups is 2. The number of carbonyl (C=O) groups excluding carboxylic acids is 1. The van der Waals surface area contributed by atoms with Gasteiger partial charge in [-0.15, -0.1) is 5.10 Å². The van der Waals surface area contributed by atoms with Crippen LogP contribution in [-0.2, 0) is 21.8 Å². The Bertz CT molecular complexity index is 665. The zero-order valence-corrected chi connectivity index (χ0v) is 12.1. The summed E-state index contributed by atoms with van der Waals surface area (Å²) in [5.74, 6) is -0.524. The van der Waals surface area contributed by atoms with Gasteiger partial charge in [0.05, 0.1) is 12.9 Å². The topological polar surface area (TPSA) is 120 Å². The number of hydrogen-bond donors (Lipinski definition) is 1. The third-order valence-electron chi connectivity index (χ3n) is 2.47. The predicted octanol–water partition coefficient (Wildman–Crippen LogP) is 0.738. The summed E-state index contributed by atoms with van der Waals surface area (Å²) in [6.45, 7) is 1.42. The zero-order valence-electron chi connectivity index (χ0n) is 11.3. The molecule has 0 radical (unpaired) electrons. The standard InChI is InChI=1S/C11H12N4O5S/c1-6-3-7(20-9(6)10(18)19-2)5-21-11-12-13-14-15(11)4-8(16)17/h3H,4-5H2,1-2H3,(H,16,17). The molecule has 2 rings (SSSR count). The summed E-state index contributed by atoms with van der Waals surface area (Å²) in [4.78, 5) is 22.1. The van der Waals surface area contributed by atoms with Gasteiger partial charge in [0, 0.05) is 5.56 Å². The second-order valence-corrected chi connectivity index (χ2v) is 4.96. The fourth-order valence-corrected chi connectivity index (χ4v) is 2.34. The molecule has 0 bridgehead atoms. The monoisotopic (exact) mass is 312 g/mol. The number of carboxylic acids is 1. The lowest BCUT2D eigenvalue weighted by Gasteiger charge is -1.99. The Kier molecular flexibility index (Phi) is 4.58. The summed E-state index contributed by atoms with van der Waals surface area (Å²) >= 11 is 1.21. The lowest BCUT2D eigenvalue weighted by Crippen LogP contribution is -2.11. The lowest BCUT2D eigenvalue weighted by atomic mass is 10.3. The van der Waals surface area contributed by atoms with Crippen LogP contribution in [-0.4, -0.2) is 44.4 Å². The summed E-state index contributed by atoms with van der Waals surface area (Å²) < 4.78 is 11.2. The van der Waals surface area contributed by atoms with E-state index >= 15 is 0 Å². The minimum Gasteiger partial charge on any atom is -0.480 e. The van der Waals surface area contributed by atoms with E-state index in [1.54, 1.807) is 13.0 Å². The van der Waals surface area contributed by atoms with E-state index in [1.807, 2.05) is 0 Å². The number of esters is 1. The maximum Gasteiger partial charge on any atom is 0.374 e. The van der Waals surface area contributed by atoms with Crippen LogP contribution >= 0.6 is 11.8 Å². The molecular formula is C11H12N4O5S. The summed E-state index contributed by atoms with van der Waals surface area (Å²) in [7, 11) is 1.28. The van der Waals surface area contributed by atoms with Gasteiger partial charge < -0.3 is 14.3 Å². The maximum absolute atomic E-state index is 11.4. The third kappa shape index (κ3) is 3.60. The molecule has 0 atom stereocenters. The number of methoxy groups -OCH3 is 1. The number of ether oxygens (including phenoxy) is 1. The lowest BCUT2D eigenvalue weighted by molar-refractivity contribution is -0.138. The number of aliphatic carboxylic acids is 1. The van der Waals surface area contributed by atoms with Crippen molar-refractivity contribution in [2.45, 2.75) is 24.4 Å². The van der Waals surface area contributed by atoms with Crippen LogP contribution in [0.3, 0.4) is 0 Å². The highest BCUT2D eigenvalue weighted by Crippen LogP contribution is 2.24. The Morgan fingerprint density at radius 2 is 2.29 bits per heavy atom. The van der Waals surface area contributed by atoms with Gasteiger partial charge in [0.2, 0.25) is 10.9 Å². The van der Waals surface area contributed by atoms with Gasteiger partial charge in [-0.2, -0.15) is 0 Å². The first kappa shape index (κ1) is 15.0. The van der Waals surface area contributed by atoms with Crippen molar-refractivity contribution in [3.63, 3.8) is 0 Å². The number of rotatable bonds is 6. The van der Waals surface area contributed by atoms with Crippen molar-refractivity contribution in [1.29, 1.82) is 0 Å². The van der Waals surface area contributed by atoms with Crippen LogP contribution in [0.4, 0.5) is 0 Å². The number of carboxylic acid groups (broad SMARTS) is 1. The van der Waals surface area contributed by atoms with E-state index in [9.17, 15) is 9.59 Å². The highest BCUT2D eigenvalue weighted by Gasteiger charge is 2.17. The molecule has 9 nitrogen and oxygen atoms in total. The van der Waals surface area contributed by atoms with Gasteiger partial charge in [-0.1, -0.05) is 11.8 Å². The minimum absolute atomic E-state index is 0.151. The Hall–Kier alpha value is -2.36. The number of hydrogen-bond acceptors (Lipinski definition) is 8. The maximum atomic E-state index is 11.4. The van der Waals surface area contributed by atoms with Gasteiger partial charge in [-0.3, -0.25) is 4.79 Å². The van der Waals surface area contributed by atoms with Gasteiger partial charge in [-0.05, 0) is 23.4 Å². The smallest absolute Gasteiger partial charge is 0.374 e.